The summed E-state index contributed by atoms with van der Waals surface area (Å²) in [5, 5.41) is 6.80. The van der Waals surface area contributed by atoms with Crippen LogP contribution in [0, 0.1) is 0 Å². The van der Waals surface area contributed by atoms with Crippen LogP contribution in [0.4, 0.5) is 0 Å². The second kappa shape index (κ2) is 10.5. The molecule has 1 aromatic heterocycles. The van der Waals surface area contributed by atoms with E-state index in [9.17, 15) is 9.59 Å². The largest absolute Gasteiger partial charge is 0.454 e. The number of rotatable bonds is 7. The molecule has 8 nitrogen and oxygen atoms in total. The Balaban J connectivity index is 1.27. The molecule has 5 rings (SSSR count). The van der Waals surface area contributed by atoms with Crippen molar-refractivity contribution < 1.29 is 23.6 Å². The number of halogens is 1. The van der Waals surface area contributed by atoms with E-state index in [1.54, 1.807) is 6.07 Å². The summed E-state index contributed by atoms with van der Waals surface area (Å²) in [6.45, 7) is 0.772. The van der Waals surface area contributed by atoms with Crippen molar-refractivity contribution in [1.29, 1.82) is 0 Å². The SMILES string of the molecule is O=C(NCc1ccc2c(c1)OCO2)c1cc(CN(C(=O)c2ccccc2Br)C2CCCCC2)on1. The Labute approximate surface area is 211 Å². The van der Waals surface area contributed by atoms with E-state index < -0.39 is 0 Å². The van der Waals surface area contributed by atoms with Crippen LogP contribution in [0.1, 0.15) is 64.3 Å². The molecule has 2 heterocycles. The first-order chi connectivity index (χ1) is 17.1. The molecule has 1 aliphatic heterocycles. The Morgan fingerprint density at radius 1 is 1.03 bits per heavy atom. The van der Waals surface area contributed by atoms with Crippen molar-refractivity contribution in [2.75, 3.05) is 6.79 Å². The summed E-state index contributed by atoms with van der Waals surface area (Å²) in [7, 11) is 0. The third kappa shape index (κ3) is 5.35. The Hall–Kier alpha value is -3.33. The number of carbonyl (C=O) groups is 2. The molecule has 1 fully saturated rings. The zero-order valence-corrected chi connectivity index (χ0v) is 20.8. The molecule has 1 saturated carbocycles. The topological polar surface area (TPSA) is 93.9 Å². The Bertz CT molecular complexity index is 1220. The van der Waals surface area contributed by atoms with E-state index in [-0.39, 0.29) is 36.9 Å². The molecule has 0 unspecified atom stereocenters. The fourth-order valence-corrected chi connectivity index (χ4v) is 4.99. The highest BCUT2D eigenvalue weighted by atomic mass is 79.9. The van der Waals surface area contributed by atoms with Gasteiger partial charge in [0.2, 0.25) is 6.79 Å². The average molecular weight is 540 g/mol. The predicted molar refractivity (Wildman–Crippen MR) is 131 cm³/mol. The van der Waals surface area contributed by atoms with Crippen LogP contribution in [0.25, 0.3) is 0 Å². The van der Waals surface area contributed by atoms with Gasteiger partial charge in [0.1, 0.15) is 0 Å². The first-order valence-corrected chi connectivity index (χ1v) is 12.6. The quantitative estimate of drug-likeness (QED) is 0.450. The molecule has 0 atom stereocenters. The molecule has 1 N–H and O–H groups in total. The summed E-state index contributed by atoms with van der Waals surface area (Å²) in [5.41, 5.74) is 1.67. The number of ether oxygens (including phenoxy) is 2. The van der Waals surface area contributed by atoms with Gasteiger partial charge < -0.3 is 24.2 Å². The average Bonchev–Trinajstić information content (AvgIpc) is 3.55. The number of hydrogen-bond acceptors (Lipinski definition) is 6. The van der Waals surface area contributed by atoms with Crippen molar-refractivity contribution in [3.05, 3.63) is 75.6 Å². The van der Waals surface area contributed by atoms with E-state index in [4.69, 9.17) is 14.0 Å². The van der Waals surface area contributed by atoms with E-state index in [2.05, 4.69) is 26.4 Å². The van der Waals surface area contributed by atoms with E-state index >= 15 is 0 Å². The number of carbonyl (C=O) groups excluding carboxylic acids is 2. The van der Waals surface area contributed by atoms with Crippen LogP contribution < -0.4 is 14.8 Å². The highest BCUT2D eigenvalue weighted by Crippen LogP contribution is 2.32. The maximum atomic E-state index is 13.5. The summed E-state index contributed by atoms with van der Waals surface area (Å²) >= 11 is 3.50. The lowest BCUT2D eigenvalue weighted by Crippen LogP contribution is -2.41. The third-order valence-electron chi connectivity index (χ3n) is 6.39. The van der Waals surface area contributed by atoms with Crippen molar-refractivity contribution in [2.24, 2.45) is 0 Å². The molecular weight excluding hydrogens is 514 g/mol. The fourth-order valence-electron chi connectivity index (χ4n) is 4.54. The van der Waals surface area contributed by atoms with E-state index in [0.29, 0.717) is 29.4 Å². The van der Waals surface area contributed by atoms with Gasteiger partial charge in [0.25, 0.3) is 11.8 Å². The molecule has 0 bridgehead atoms. The zero-order valence-electron chi connectivity index (χ0n) is 19.2. The van der Waals surface area contributed by atoms with Crippen LogP contribution in [-0.4, -0.2) is 34.7 Å². The van der Waals surface area contributed by atoms with Crippen molar-refractivity contribution in [2.45, 2.75) is 51.2 Å². The number of nitrogens with one attached hydrogen (secondary N) is 1. The minimum Gasteiger partial charge on any atom is -0.454 e. The summed E-state index contributed by atoms with van der Waals surface area (Å²) in [5.74, 6) is 1.43. The van der Waals surface area contributed by atoms with Gasteiger partial charge in [-0.3, -0.25) is 9.59 Å². The van der Waals surface area contributed by atoms with Crippen molar-refractivity contribution in [3.8, 4) is 11.5 Å². The second-order valence-electron chi connectivity index (χ2n) is 8.75. The minimum atomic E-state index is -0.348. The molecule has 1 aliphatic carbocycles. The summed E-state index contributed by atoms with van der Waals surface area (Å²) in [6.07, 6.45) is 5.27. The molecule has 3 aromatic rings. The van der Waals surface area contributed by atoms with Gasteiger partial charge in [0.15, 0.2) is 23.0 Å². The standard InChI is InChI=1S/C26H26BrN3O5/c27-21-9-5-4-8-20(21)26(32)30(18-6-2-1-3-7-18)15-19-13-22(29-35-19)25(31)28-14-17-10-11-23-24(12-17)34-16-33-23/h4-5,8-13,18H,1-3,6-7,14-16H2,(H,28,31). The molecule has 2 amide bonds. The molecule has 0 radical (unpaired) electrons. The highest BCUT2D eigenvalue weighted by molar-refractivity contribution is 9.10. The summed E-state index contributed by atoms with van der Waals surface area (Å²) in [4.78, 5) is 28.0. The Kier molecular flexibility index (Phi) is 7.03. The fraction of sp³-hybridized carbons (Fsp3) is 0.346. The number of benzene rings is 2. The van der Waals surface area contributed by atoms with Gasteiger partial charge in [-0.05, 0) is 58.6 Å². The van der Waals surface area contributed by atoms with Crippen LogP contribution in [-0.2, 0) is 13.1 Å². The smallest absolute Gasteiger partial charge is 0.273 e. The van der Waals surface area contributed by atoms with Crippen molar-refractivity contribution >= 4 is 27.7 Å². The van der Waals surface area contributed by atoms with Gasteiger partial charge >= 0.3 is 0 Å². The first kappa shape index (κ1) is 23.4. The van der Waals surface area contributed by atoms with Crippen LogP contribution in [0.2, 0.25) is 0 Å². The lowest BCUT2D eigenvalue weighted by atomic mass is 9.93. The molecule has 2 aromatic carbocycles. The summed E-state index contributed by atoms with van der Waals surface area (Å²) < 4.78 is 16.9. The minimum absolute atomic E-state index is 0.0606. The first-order valence-electron chi connectivity index (χ1n) is 11.8. The van der Waals surface area contributed by atoms with E-state index in [1.807, 2.05) is 47.4 Å². The van der Waals surface area contributed by atoms with Gasteiger partial charge in [-0.2, -0.15) is 0 Å². The molecule has 2 aliphatic rings. The van der Waals surface area contributed by atoms with Crippen LogP contribution in [0.15, 0.2) is 57.5 Å². The molecule has 35 heavy (non-hydrogen) atoms. The maximum Gasteiger partial charge on any atom is 0.273 e. The van der Waals surface area contributed by atoms with E-state index in [1.165, 1.54) is 6.42 Å². The predicted octanol–water partition coefficient (Wildman–Crippen LogP) is 5.07. The zero-order chi connectivity index (χ0) is 24.2. The molecular formula is C26H26BrN3O5. The van der Waals surface area contributed by atoms with Gasteiger partial charge in [-0.15, -0.1) is 0 Å². The second-order valence-corrected chi connectivity index (χ2v) is 9.61. The Morgan fingerprint density at radius 3 is 2.66 bits per heavy atom. The van der Waals surface area contributed by atoms with Crippen molar-refractivity contribution in [3.63, 3.8) is 0 Å². The lowest BCUT2D eigenvalue weighted by molar-refractivity contribution is 0.0589. The molecule has 0 saturated heterocycles. The summed E-state index contributed by atoms with van der Waals surface area (Å²) in [6, 6.07) is 14.7. The molecule has 9 heteroatoms. The van der Waals surface area contributed by atoms with Gasteiger partial charge in [-0.25, -0.2) is 0 Å². The van der Waals surface area contributed by atoms with Gasteiger partial charge in [0, 0.05) is 23.1 Å². The number of hydrogen-bond donors (Lipinski definition) is 1. The van der Waals surface area contributed by atoms with Crippen LogP contribution in [0.5, 0.6) is 11.5 Å². The van der Waals surface area contributed by atoms with Gasteiger partial charge in [0.05, 0.1) is 12.1 Å². The number of fused-ring (bicyclic) bond motifs is 1. The normalized spacial score (nSPS) is 15.1. The Morgan fingerprint density at radius 2 is 1.83 bits per heavy atom. The third-order valence-corrected chi connectivity index (χ3v) is 7.08. The van der Waals surface area contributed by atoms with Crippen LogP contribution >= 0.6 is 15.9 Å². The van der Waals surface area contributed by atoms with E-state index in [0.717, 1.165) is 35.7 Å². The number of aromatic nitrogens is 1. The molecule has 182 valence electrons. The highest BCUT2D eigenvalue weighted by Gasteiger charge is 2.29. The van der Waals surface area contributed by atoms with Gasteiger partial charge in [-0.1, -0.05) is 42.6 Å². The molecule has 0 spiro atoms. The number of nitrogens with zero attached hydrogens (tertiary/aromatic N) is 2. The lowest BCUT2D eigenvalue weighted by Gasteiger charge is -2.34. The number of amides is 2. The van der Waals surface area contributed by atoms with Crippen LogP contribution in [0.3, 0.4) is 0 Å². The maximum absolute atomic E-state index is 13.5. The monoisotopic (exact) mass is 539 g/mol. The van der Waals surface area contributed by atoms with Crippen molar-refractivity contribution in [1.82, 2.24) is 15.4 Å².